The minimum absolute atomic E-state index is 0.660. The molecule has 0 aromatic carbocycles. The van der Waals surface area contributed by atoms with Gasteiger partial charge in [0.2, 0.25) is 0 Å². The van der Waals surface area contributed by atoms with Gasteiger partial charge in [-0.3, -0.25) is 4.68 Å². The van der Waals surface area contributed by atoms with E-state index in [9.17, 15) is 0 Å². The van der Waals surface area contributed by atoms with Gasteiger partial charge in [0.15, 0.2) is 5.65 Å². The lowest BCUT2D eigenvalue weighted by Crippen LogP contribution is -2.04. The number of aryl methyl sites for hydroxylation is 2. The number of aromatic nitrogens is 6. The smallest absolute Gasteiger partial charge is 0.164 e. The molecule has 0 spiro atoms. The van der Waals surface area contributed by atoms with Crippen LogP contribution in [-0.2, 0) is 20.6 Å². The lowest BCUT2D eigenvalue weighted by molar-refractivity contribution is 0.738. The third-order valence-corrected chi connectivity index (χ3v) is 3.92. The van der Waals surface area contributed by atoms with E-state index in [-0.39, 0.29) is 0 Å². The van der Waals surface area contributed by atoms with E-state index in [0.29, 0.717) is 6.54 Å². The molecule has 0 aliphatic heterocycles. The summed E-state index contributed by atoms with van der Waals surface area (Å²) in [6, 6.07) is 0. The predicted octanol–water partition coefficient (Wildman–Crippen LogP) is 1.78. The molecule has 3 aromatic heterocycles. The fraction of sp³-hybridized carbons (Fsp3) is 0.333. The van der Waals surface area contributed by atoms with Gasteiger partial charge >= 0.3 is 0 Å². The van der Waals surface area contributed by atoms with Crippen LogP contribution in [0.1, 0.15) is 11.3 Å². The number of rotatable bonds is 3. The first-order valence-electron chi connectivity index (χ1n) is 6.12. The molecule has 3 heterocycles. The van der Waals surface area contributed by atoms with Crippen molar-refractivity contribution in [1.29, 1.82) is 0 Å². The van der Waals surface area contributed by atoms with Crippen LogP contribution in [0.25, 0.3) is 11.0 Å². The van der Waals surface area contributed by atoms with E-state index in [1.54, 1.807) is 4.68 Å². The number of fused-ring (bicyclic) bond motifs is 1. The first-order valence-corrected chi connectivity index (χ1v) is 6.91. The predicted molar refractivity (Wildman–Crippen MR) is 79.3 cm³/mol. The van der Waals surface area contributed by atoms with Gasteiger partial charge in [0.1, 0.15) is 16.7 Å². The maximum absolute atomic E-state index is 4.30. The summed E-state index contributed by atoms with van der Waals surface area (Å²) in [6.45, 7) is 2.70. The summed E-state index contributed by atoms with van der Waals surface area (Å²) in [5.41, 5.74) is 3.06. The van der Waals surface area contributed by atoms with Gasteiger partial charge in [-0.1, -0.05) is 0 Å². The van der Waals surface area contributed by atoms with E-state index in [1.807, 2.05) is 31.9 Å². The monoisotopic (exact) mass is 335 g/mol. The van der Waals surface area contributed by atoms with Crippen molar-refractivity contribution in [2.75, 3.05) is 5.32 Å². The largest absolute Gasteiger partial charge is 0.365 e. The first-order chi connectivity index (χ1) is 9.58. The van der Waals surface area contributed by atoms with Crippen molar-refractivity contribution in [2.45, 2.75) is 13.5 Å². The van der Waals surface area contributed by atoms with E-state index in [0.717, 1.165) is 32.7 Å². The van der Waals surface area contributed by atoms with E-state index >= 15 is 0 Å². The molecule has 0 atom stereocenters. The van der Waals surface area contributed by atoms with Gasteiger partial charge in [-0.05, 0) is 22.9 Å². The van der Waals surface area contributed by atoms with Crippen LogP contribution in [0.15, 0.2) is 17.1 Å². The molecule has 0 aliphatic rings. The Morgan fingerprint density at radius 3 is 2.75 bits per heavy atom. The Hall–Kier alpha value is -1.96. The Bertz CT molecular complexity index is 774. The van der Waals surface area contributed by atoms with Crippen LogP contribution in [0.5, 0.6) is 0 Å². The average Bonchev–Trinajstić information content (AvgIpc) is 2.90. The Labute approximate surface area is 124 Å². The normalized spacial score (nSPS) is 11.2. The Morgan fingerprint density at radius 1 is 1.25 bits per heavy atom. The molecule has 0 fully saturated rings. The SMILES string of the molecule is Cc1c(CNc2ncnc3c2c(Br)nn3C)cnn1C. The molecule has 3 aromatic rings. The molecule has 0 radical (unpaired) electrons. The summed E-state index contributed by atoms with van der Waals surface area (Å²) in [7, 11) is 3.79. The second-order valence-corrected chi connectivity index (χ2v) is 5.32. The average molecular weight is 336 g/mol. The summed E-state index contributed by atoms with van der Waals surface area (Å²) >= 11 is 3.44. The number of hydrogen-bond donors (Lipinski definition) is 1. The quantitative estimate of drug-likeness (QED) is 0.789. The molecular weight excluding hydrogens is 322 g/mol. The Morgan fingerprint density at radius 2 is 2.05 bits per heavy atom. The summed E-state index contributed by atoms with van der Waals surface area (Å²) in [5.74, 6) is 0.762. The Kier molecular flexibility index (Phi) is 3.17. The fourth-order valence-corrected chi connectivity index (χ4v) is 2.67. The van der Waals surface area contributed by atoms with E-state index in [4.69, 9.17) is 0 Å². The standard InChI is InChI=1S/C12H14BrN7/c1-7-8(5-17-19(7)2)4-14-11-9-10(13)18-20(3)12(9)16-6-15-11/h5-6H,4H2,1-3H3,(H,14,15,16). The van der Waals surface area contributed by atoms with Crippen LogP contribution in [0.2, 0.25) is 0 Å². The number of nitrogens with zero attached hydrogens (tertiary/aromatic N) is 6. The molecule has 104 valence electrons. The third kappa shape index (κ3) is 2.05. The van der Waals surface area contributed by atoms with Crippen LogP contribution in [-0.4, -0.2) is 29.5 Å². The van der Waals surface area contributed by atoms with Crippen molar-refractivity contribution in [3.05, 3.63) is 28.4 Å². The molecule has 0 unspecified atom stereocenters. The van der Waals surface area contributed by atoms with E-state index in [2.05, 4.69) is 41.4 Å². The number of halogens is 1. The molecule has 8 heteroatoms. The lowest BCUT2D eigenvalue weighted by Gasteiger charge is -2.06. The molecule has 0 saturated carbocycles. The van der Waals surface area contributed by atoms with Crippen molar-refractivity contribution in [3.8, 4) is 0 Å². The van der Waals surface area contributed by atoms with Gasteiger partial charge in [-0.25, -0.2) is 14.6 Å². The zero-order valence-corrected chi connectivity index (χ0v) is 13.0. The van der Waals surface area contributed by atoms with E-state index in [1.165, 1.54) is 6.33 Å². The molecular formula is C12H14BrN7. The maximum Gasteiger partial charge on any atom is 0.164 e. The van der Waals surface area contributed by atoms with Gasteiger partial charge < -0.3 is 5.32 Å². The molecule has 0 saturated heterocycles. The second kappa shape index (κ2) is 4.86. The zero-order chi connectivity index (χ0) is 14.3. The lowest BCUT2D eigenvalue weighted by atomic mass is 10.2. The van der Waals surface area contributed by atoms with Gasteiger partial charge in [-0.15, -0.1) is 0 Å². The van der Waals surface area contributed by atoms with Crippen molar-refractivity contribution >= 4 is 32.8 Å². The second-order valence-electron chi connectivity index (χ2n) is 4.57. The summed E-state index contributed by atoms with van der Waals surface area (Å²) < 4.78 is 4.31. The summed E-state index contributed by atoms with van der Waals surface area (Å²) in [4.78, 5) is 8.54. The van der Waals surface area contributed by atoms with Crippen molar-refractivity contribution in [2.24, 2.45) is 14.1 Å². The van der Waals surface area contributed by atoms with Gasteiger partial charge in [0, 0.05) is 31.9 Å². The van der Waals surface area contributed by atoms with Crippen LogP contribution < -0.4 is 5.32 Å². The molecule has 3 rings (SSSR count). The summed E-state index contributed by atoms with van der Waals surface area (Å²) in [5, 5.41) is 12.7. The van der Waals surface area contributed by atoms with Crippen LogP contribution >= 0.6 is 15.9 Å². The molecule has 20 heavy (non-hydrogen) atoms. The number of nitrogens with one attached hydrogen (secondary N) is 1. The van der Waals surface area contributed by atoms with Gasteiger partial charge in [-0.2, -0.15) is 10.2 Å². The fourth-order valence-electron chi connectivity index (χ4n) is 2.07. The topological polar surface area (TPSA) is 73.5 Å². The minimum Gasteiger partial charge on any atom is -0.365 e. The highest BCUT2D eigenvalue weighted by Gasteiger charge is 2.13. The van der Waals surface area contributed by atoms with Crippen LogP contribution in [0, 0.1) is 6.92 Å². The minimum atomic E-state index is 0.660. The molecule has 0 aliphatic carbocycles. The van der Waals surface area contributed by atoms with Crippen molar-refractivity contribution in [1.82, 2.24) is 29.5 Å². The molecule has 1 N–H and O–H groups in total. The first kappa shape index (κ1) is 13.0. The zero-order valence-electron chi connectivity index (χ0n) is 11.4. The van der Waals surface area contributed by atoms with Gasteiger partial charge in [0.25, 0.3) is 0 Å². The van der Waals surface area contributed by atoms with Gasteiger partial charge in [0.05, 0.1) is 11.6 Å². The van der Waals surface area contributed by atoms with Crippen LogP contribution in [0.4, 0.5) is 5.82 Å². The highest BCUT2D eigenvalue weighted by atomic mass is 79.9. The van der Waals surface area contributed by atoms with Crippen molar-refractivity contribution < 1.29 is 0 Å². The maximum atomic E-state index is 4.30. The molecule has 0 bridgehead atoms. The third-order valence-electron chi connectivity index (χ3n) is 3.36. The Balaban J connectivity index is 1.93. The number of anilines is 1. The molecule has 7 nitrogen and oxygen atoms in total. The summed E-state index contributed by atoms with van der Waals surface area (Å²) in [6.07, 6.45) is 3.40. The molecule has 0 amide bonds. The highest BCUT2D eigenvalue weighted by Crippen LogP contribution is 2.27. The highest BCUT2D eigenvalue weighted by molar-refractivity contribution is 9.10. The van der Waals surface area contributed by atoms with E-state index < -0.39 is 0 Å². The van der Waals surface area contributed by atoms with Crippen molar-refractivity contribution in [3.63, 3.8) is 0 Å². The van der Waals surface area contributed by atoms with Crippen LogP contribution in [0.3, 0.4) is 0 Å². The number of hydrogen-bond acceptors (Lipinski definition) is 5.